The number of carbonyl (C=O) groups excluding carboxylic acids is 3. The van der Waals surface area contributed by atoms with Crippen LogP contribution in [0.1, 0.15) is 57.5 Å². The molecule has 4 rings (SSSR count). The topological polar surface area (TPSA) is 162 Å². The van der Waals surface area contributed by atoms with E-state index in [9.17, 15) is 29.5 Å². The van der Waals surface area contributed by atoms with Crippen LogP contribution in [0.2, 0.25) is 0 Å². The Bertz CT molecular complexity index is 1160. The van der Waals surface area contributed by atoms with Gasteiger partial charge in [-0.05, 0) is 53.1 Å². The van der Waals surface area contributed by atoms with Gasteiger partial charge in [-0.2, -0.15) is 0 Å². The second-order valence-corrected chi connectivity index (χ2v) is 9.11. The zero-order chi connectivity index (χ0) is 25.8. The van der Waals surface area contributed by atoms with E-state index in [1.54, 1.807) is 30.3 Å². The maximum Gasteiger partial charge on any atom is 0.491 e. The Balaban J connectivity index is 1.58. The molecule has 6 N–H and O–H groups in total. The highest BCUT2D eigenvalue weighted by Crippen LogP contribution is 2.26. The lowest BCUT2D eigenvalue weighted by Gasteiger charge is -2.40. The number of nitrogens with one attached hydrogen (secondary N) is 1. The Morgan fingerprint density at radius 1 is 1.14 bits per heavy atom. The van der Waals surface area contributed by atoms with Gasteiger partial charge in [0.1, 0.15) is 0 Å². The summed E-state index contributed by atoms with van der Waals surface area (Å²) in [5, 5.41) is 31.9. The summed E-state index contributed by atoms with van der Waals surface area (Å²) in [4.78, 5) is 40.0. The van der Waals surface area contributed by atoms with E-state index in [0.29, 0.717) is 29.3 Å². The fourth-order valence-electron chi connectivity index (χ4n) is 4.93. The SMILES string of the molecule is NC(=O)CN(C(=O)c1ccc2c(c1)B(O)OC2)C1CCCC[C@H]1NC(=O)c1ccc(CO)c([B]O)c1. The van der Waals surface area contributed by atoms with Gasteiger partial charge >= 0.3 is 14.6 Å². The number of nitrogens with two attached hydrogens (primary N) is 1. The van der Waals surface area contributed by atoms with Crippen molar-refractivity contribution in [2.75, 3.05) is 6.54 Å². The Labute approximate surface area is 209 Å². The molecule has 0 bridgehead atoms. The predicted molar refractivity (Wildman–Crippen MR) is 133 cm³/mol. The summed E-state index contributed by atoms with van der Waals surface area (Å²) in [7, 11) is -0.283. The highest BCUT2D eigenvalue weighted by molar-refractivity contribution is 6.61. The quantitative estimate of drug-likeness (QED) is 0.275. The van der Waals surface area contributed by atoms with Crippen molar-refractivity contribution in [3.8, 4) is 0 Å². The summed E-state index contributed by atoms with van der Waals surface area (Å²) in [5.41, 5.74) is 8.19. The van der Waals surface area contributed by atoms with Gasteiger partial charge in [-0.1, -0.05) is 31.0 Å². The molecule has 12 heteroatoms. The highest BCUT2D eigenvalue weighted by Gasteiger charge is 2.36. The zero-order valence-corrected chi connectivity index (χ0v) is 19.7. The van der Waals surface area contributed by atoms with Crippen molar-refractivity contribution >= 4 is 43.2 Å². The van der Waals surface area contributed by atoms with Crippen LogP contribution in [0.5, 0.6) is 0 Å². The number of primary amides is 1. The molecule has 187 valence electrons. The van der Waals surface area contributed by atoms with Crippen LogP contribution in [0.3, 0.4) is 0 Å². The molecule has 0 spiro atoms. The van der Waals surface area contributed by atoms with Crippen LogP contribution in [0.15, 0.2) is 36.4 Å². The van der Waals surface area contributed by atoms with Crippen molar-refractivity contribution in [1.82, 2.24) is 10.2 Å². The maximum atomic E-state index is 13.6. The lowest BCUT2D eigenvalue weighted by atomic mass is 9.78. The lowest BCUT2D eigenvalue weighted by molar-refractivity contribution is -0.119. The minimum absolute atomic E-state index is 0.252. The minimum atomic E-state index is -1.11. The Kier molecular flexibility index (Phi) is 8.10. The summed E-state index contributed by atoms with van der Waals surface area (Å²) in [6.45, 7) is -0.350. The Hall–Kier alpha value is -3.18. The van der Waals surface area contributed by atoms with Crippen molar-refractivity contribution in [3.05, 3.63) is 58.7 Å². The summed E-state index contributed by atoms with van der Waals surface area (Å²) in [6, 6.07) is 8.59. The van der Waals surface area contributed by atoms with Gasteiger partial charge in [-0.15, -0.1) is 0 Å². The van der Waals surface area contributed by atoms with E-state index >= 15 is 0 Å². The van der Waals surface area contributed by atoms with Gasteiger partial charge < -0.3 is 35.8 Å². The first kappa shape index (κ1) is 25.9. The number of fused-ring (bicyclic) bond motifs is 1. The zero-order valence-electron chi connectivity index (χ0n) is 19.7. The molecule has 10 nitrogen and oxygen atoms in total. The van der Waals surface area contributed by atoms with Crippen LogP contribution in [0.25, 0.3) is 0 Å². The number of rotatable bonds is 8. The van der Waals surface area contributed by atoms with E-state index in [1.807, 2.05) is 0 Å². The van der Waals surface area contributed by atoms with Crippen molar-refractivity contribution in [2.24, 2.45) is 5.73 Å². The fourth-order valence-corrected chi connectivity index (χ4v) is 4.93. The van der Waals surface area contributed by atoms with Crippen molar-refractivity contribution in [2.45, 2.75) is 51.0 Å². The maximum absolute atomic E-state index is 13.6. The molecule has 1 aliphatic heterocycles. The van der Waals surface area contributed by atoms with Crippen LogP contribution in [0, 0.1) is 0 Å². The lowest BCUT2D eigenvalue weighted by Crippen LogP contribution is -2.57. The average molecular weight is 492 g/mol. The number of benzene rings is 2. The number of aliphatic hydroxyl groups excluding tert-OH is 1. The molecule has 1 saturated carbocycles. The predicted octanol–water partition coefficient (Wildman–Crippen LogP) is -1.70. The molecular weight excluding hydrogens is 464 g/mol. The molecule has 1 aliphatic carbocycles. The summed E-state index contributed by atoms with van der Waals surface area (Å²) in [6.07, 6.45) is 2.82. The highest BCUT2D eigenvalue weighted by atomic mass is 16.5. The molecule has 2 aromatic rings. The van der Waals surface area contributed by atoms with Gasteiger partial charge in [-0.3, -0.25) is 14.4 Å². The van der Waals surface area contributed by atoms with Gasteiger partial charge in [0, 0.05) is 17.2 Å². The largest absolute Gasteiger partial charge is 0.491 e. The van der Waals surface area contributed by atoms with Crippen LogP contribution in [-0.2, 0) is 22.7 Å². The Morgan fingerprint density at radius 3 is 2.61 bits per heavy atom. The van der Waals surface area contributed by atoms with Gasteiger partial charge in [-0.25, -0.2) is 0 Å². The second kappa shape index (κ2) is 11.3. The standard InChI is InChI=1S/C24H28B2N3O7/c27-22(31)11-29(24(33)15-6-8-17-13-36-26(35)19(17)10-15)21-4-2-1-3-20(21)28-23(32)14-5-7-16(12-30)18(9-14)25-34/h5-10,20-21,30,34-35H,1-4,11-13H2,(H2,27,31)(H,28,32)/t20-,21?/m1/s1. The molecule has 0 aromatic heterocycles. The summed E-state index contributed by atoms with van der Waals surface area (Å²) >= 11 is 0. The first-order valence-electron chi connectivity index (χ1n) is 11.9. The molecule has 3 amide bonds. The van der Waals surface area contributed by atoms with Gasteiger partial charge in [0.25, 0.3) is 11.8 Å². The van der Waals surface area contributed by atoms with E-state index in [0.717, 1.165) is 25.9 Å². The fraction of sp³-hybridized carbons (Fsp3) is 0.375. The monoisotopic (exact) mass is 492 g/mol. The molecule has 2 atom stereocenters. The van der Waals surface area contributed by atoms with Gasteiger partial charge in [0.2, 0.25) is 5.91 Å². The van der Waals surface area contributed by atoms with Gasteiger partial charge in [0.15, 0.2) is 0 Å². The third-order valence-electron chi connectivity index (χ3n) is 6.81. The molecule has 0 saturated heterocycles. The van der Waals surface area contributed by atoms with E-state index in [-0.39, 0.29) is 30.9 Å². The van der Waals surface area contributed by atoms with E-state index in [4.69, 9.17) is 10.4 Å². The summed E-state index contributed by atoms with van der Waals surface area (Å²) in [5.74, 6) is -1.50. The first-order valence-corrected chi connectivity index (χ1v) is 11.9. The number of hydrogen-bond donors (Lipinski definition) is 5. The molecule has 2 aliphatic rings. The average Bonchev–Trinajstić information content (AvgIpc) is 3.26. The molecule has 1 fully saturated rings. The second-order valence-electron chi connectivity index (χ2n) is 9.11. The van der Waals surface area contributed by atoms with E-state index in [1.165, 1.54) is 11.0 Å². The smallest absolute Gasteiger partial charge is 0.450 e. The minimum Gasteiger partial charge on any atom is -0.450 e. The molecular formula is C24H28B2N3O7. The summed E-state index contributed by atoms with van der Waals surface area (Å²) < 4.78 is 5.21. The molecule has 1 heterocycles. The van der Waals surface area contributed by atoms with E-state index in [2.05, 4.69) is 5.32 Å². The number of aliphatic hydroxyl groups is 1. The van der Waals surface area contributed by atoms with Crippen molar-refractivity contribution in [3.63, 3.8) is 0 Å². The third kappa shape index (κ3) is 5.46. The van der Waals surface area contributed by atoms with Crippen LogP contribution in [0.4, 0.5) is 0 Å². The number of hydrogen-bond acceptors (Lipinski definition) is 7. The number of nitrogens with zero attached hydrogens (tertiary/aromatic N) is 1. The number of amides is 3. The third-order valence-corrected chi connectivity index (χ3v) is 6.81. The molecule has 1 unspecified atom stereocenters. The Morgan fingerprint density at radius 2 is 1.89 bits per heavy atom. The first-order chi connectivity index (χ1) is 17.3. The van der Waals surface area contributed by atoms with Crippen LogP contribution >= 0.6 is 0 Å². The number of carbonyl (C=O) groups is 3. The van der Waals surface area contributed by atoms with E-state index < -0.39 is 36.9 Å². The van der Waals surface area contributed by atoms with Crippen LogP contribution < -0.4 is 22.0 Å². The van der Waals surface area contributed by atoms with Gasteiger partial charge in [0.05, 0.1) is 25.8 Å². The van der Waals surface area contributed by atoms with Crippen molar-refractivity contribution < 1.29 is 34.2 Å². The van der Waals surface area contributed by atoms with Crippen LogP contribution in [-0.4, -0.2) is 71.0 Å². The van der Waals surface area contributed by atoms with Crippen molar-refractivity contribution in [1.29, 1.82) is 0 Å². The molecule has 1 radical (unpaired) electrons. The molecule has 2 aromatic carbocycles. The normalized spacial score (nSPS) is 18.9. The molecule has 36 heavy (non-hydrogen) atoms.